The van der Waals surface area contributed by atoms with E-state index in [4.69, 9.17) is 24.4 Å². The van der Waals surface area contributed by atoms with Gasteiger partial charge in [0.25, 0.3) is 0 Å². The summed E-state index contributed by atoms with van der Waals surface area (Å²) >= 11 is 0. The monoisotopic (exact) mass is 618 g/mol. The zero-order chi connectivity index (χ0) is 31.8. The Morgan fingerprint density at radius 1 is 0.458 bits per heavy atom. The summed E-state index contributed by atoms with van der Waals surface area (Å²) in [7, 11) is 0. The van der Waals surface area contributed by atoms with Crippen LogP contribution in [0.1, 0.15) is 5.56 Å². The minimum atomic E-state index is 0.514. The summed E-state index contributed by atoms with van der Waals surface area (Å²) in [5.41, 5.74) is 8.41. The Bertz CT molecular complexity index is 2790. The number of fused-ring (bicyclic) bond motifs is 8. The largest absolute Gasteiger partial charge is 0.423 e. The highest BCUT2D eigenvalue weighted by Crippen LogP contribution is 2.41. The maximum absolute atomic E-state index is 6.58. The molecule has 0 amide bonds. The average molecular weight is 619 g/mol. The molecule has 0 aliphatic rings. The van der Waals surface area contributed by atoms with Crippen molar-refractivity contribution < 1.29 is 4.42 Å². The zero-order valence-corrected chi connectivity index (χ0v) is 25.9. The highest BCUT2D eigenvalue weighted by atomic mass is 16.4. The lowest BCUT2D eigenvalue weighted by Gasteiger charge is -2.12. The average Bonchev–Trinajstić information content (AvgIpc) is 3.83. The lowest BCUT2D eigenvalue weighted by Crippen LogP contribution is -2.07. The van der Waals surface area contributed by atoms with Crippen LogP contribution in [0, 0.1) is 6.92 Å². The van der Waals surface area contributed by atoms with Crippen LogP contribution >= 0.6 is 0 Å². The molecule has 0 fully saturated rings. The van der Waals surface area contributed by atoms with E-state index in [2.05, 4.69) is 82.8 Å². The van der Waals surface area contributed by atoms with Crippen molar-refractivity contribution in [1.29, 1.82) is 0 Å². The smallest absolute Gasteiger partial charge is 0.307 e. The lowest BCUT2D eigenvalue weighted by molar-refractivity contribution is 0.572. The minimum absolute atomic E-state index is 0.514. The summed E-state index contributed by atoms with van der Waals surface area (Å²) in [6.07, 6.45) is 0. The molecule has 48 heavy (non-hydrogen) atoms. The third-order valence-corrected chi connectivity index (χ3v) is 9.15. The molecule has 0 spiro atoms. The summed E-state index contributed by atoms with van der Waals surface area (Å²) in [6.45, 7) is 2.05. The second-order valence-corrected chi connectivity index (χ2v) is 12.0. The lowest BCUT2D eigenvalue weighted by atomic mass is 10.1. The van der Waals surface area contributed by atoms with Gasteiger partial charge in [0.05, 0.1) is 22.1 Å². The van der Waals surface area contributed by atoms with E-state index < -0.39 is 0 Å². The third kappa shape index (κ3) is 3.88. The van der Waals surface area contributed by atoms with Crippen LogP contribution in [0.15, 0.2) is 144 Å². The van der Waals surface area contributed by atoms with E-state index in [1.54, 1.807) is 0 Å². The fourth-order valence-electron chi connectivity index (χ4n) is 6.98. The number of hydrogen-bond acceptors (Lipinski definition) is 5. The van der Waals surface area contributed by atoms with Gasteiger partial charge in [0.15, 0.2) is 17.2 Å². The van der Waals surface area contributed by atoms with E-state index in [9.17, 15) is 0 Å². The van der Waals surface area contributed by atoms with Gasteiger partial charge in [0, 0.05) is 32.7 Å². The topological polar surface area (TPSA) is 74.6 Å². The minimum Gasteiger partial charge on any atom is -0.423 e. The van der Waals surface area contributed by atoms with Crippen molar-refractivity contribution in [2.75, 3.05) is 0 Å². The summed E-state index contributed by atoms with van der Waals surface area (Å²) in [5.74, 6) is 1.74. The predicted molar refractivity (Wildman–Crippen MR) is 192 cm³/mol. The van der Waals surface area contributed by atoms with Crippen molar-refractivity contribution in [3.63, 3.8) is 0 Å². The maximum atomic E-state index is 6.58. The third-order valence-electron chi connectivity index (χ3n) is 9.15. The van der Waals surface area contributed by atoms with Gasteiger partial charge < -0.3 is 4.42 Å². The molecule has 0 aliphatic carbocycles. The molecule has 0 N–H and O–H groups in total. The molecule has 0 saturated carbocycles. The fraction of sp³-hybridized carbons (Fsp3) is 0.0244. The number of aromatic nitrogens is 6. The molecule has 0 saturated heterocycles. The SMILES string of the molecule is Cc1cccc2nc(-n3c4ccccc4c4ccc5c6ccccc6n(-c6nc(-c7ccccc7)nc(-c7ccccc7)n6)c5c43)oc12. The molecule has 0 unspecified atom stereocenters. The summed E-state index contributed by atoms with van der Waals surface area (Å²) in [4.78, 5) is 20.4. The van der Waals surface area contributed by atoms with Crippen LogP contribution in [0.25, 0.3) is 89.5 Å². The van der Waals surface area contributed by atoms with E-state index in [0.717, 1.165) is 71.4 Å². The Balaban J connectivity index is 1.39. The Morgan fingerprint density at radius 3 is 1.60 bits per heavy atom. The molecule has 0 atom stereocenters. The second kappa shape index (κ2) is 10.2. The number of hydrogen-bond donors (Lipinski definition) is 0. The van der Waals surface area contributed by atoms with E-state index in [-0.39, 0.29) is 0 Å². The molecular formula is C41H26N6O. The van der Waals surface area contributed by atoms with Crippen LogP contribution in [0.3, 0.4) is 0 Å². The molecule has 6 aromatic carbocycles. The number of nitrogens with zero attached hydrogens (tertiary/aromatic N) is 6. The van der Waals surface area contributed by atoms with E-state index in [1.807, 2.05) is 72.8 Å². The van der Waals surface area contributed by atoms with Crippen molar-refractivity contribution in [2.24, 2.45) is 0 Å². The highest BCUT2D eigenvalue weighted by Gasteiger charge is 2.25. The first-order chi connectivity index (χ1) is 23.7. The first kappa shape index (κ1) is 26.6. The van der Waals surface area contributed by atoms with Gasteiger partial charge in [-0.3, -0.25) is 9.13 Å². The predicted octanol–water partition coefficient (Wildman–Crippen LogP) is 9.85. The standard InChI is InChI=1S/C41H26N6O/c1-25-13-12-20-32-37(25)48-41(42-32)47-34-22-11-9-19-29(34)31-24-23-30-28-18-8-10-21-33(28)46(35(30)36(31)47)40-44-38(26-14-4-2-5-15-26)43-39(45-40)27-16-6-3-7-17-27/h2-24H,1H3. The molecule has 10 aromatic rings. The van der Waals surface area contributed by atoms with E-state index >= 15 is 0 Å². The highest BCUT2D eigenvalue weighted by molar-refractivity contribution is 6.23. The van der Waals surface area contributed by atoms with Gasteiger partial charge in [0.2, 0.25) is 5.95 Å². The number of benzene rings is 6. The van der Waals surface area contributed by atoms with Crippen molar-refractivity contribution >= 4 is 54.7 Å². The molecule has 4 aromatic heterocycles. The van der Waals surface area contributed by atoms with Gasteiger partial charge in [-0.2, -0.15) is 15.0 Å². The van der Waals surface area contributed by atoms with Crippen molar-refractivity contribution in [1.82, 2.24) is 29.1 Å². The normalized spacial score (nSPS) is 11.9. The van der Waals surface area contributed by atoms with Crippen LogP contribution in [0.4, 0.5) is 0 Å². The van der Waals surface area contributed by atoms with Crippen LogP contribution in [0.5, 0.6) is 0 Å². The van der Waals surface area contributed by atoms with Crippen molar-refractivity contribution in [3.05, 3.63) is 145 Å². The molecule has 226 valence electrons. The van der Waals surface area contributed by atoms with Gasteiger partial charge in [-0.05, 0) is 30.7 Å². The van der Waals surface area contributed by atoms with E-state index in [1.165, 1.54) is 0 Å². The van der Waals surface area contributed by atoms with Crippen LogP contribution in [0.2, 0.25) is 0 Å². The summed E-state index contributed by atoms with van der Waals surface area (Å²) in [6, 6.07) is 48.0. The summed E-state index contributed by atoms with van der Waals surface area (Å²) in [5, 5.41) is 4.37. The van der Waals surface area contributed by atoms with Gasteiger partial charge >= 0.3 is 6.01 Å². The molecule has 10 rings (SSSR count). The molecule has 7 nitrogen and oxygen atoms in total. The van der Waals surface area contributed by atoms with Gasteiger partial charge in [-0.1, -0.05) is 121 Å². The Morgan fingerprint density at radius 2 is 1.00 bits per heavy atom. The van der Waals surface area contributed by atoms with E-state index in [0.29, 0.717) is 23.6 Å². The van der Waals surface area contributed by atoms with Gasteiger partial charge in [-0.15, -0.1) is 0 Å². The first-order valence-electron chi connectivity index (χ1n) is 15.9. The maximum Gasteiger partial charge on any atom is 0.307 e. The molecule has 0 bridgehead atoms. The van der Waals surface area contributed by atoms with Crippen molar-refractivity contribution in [3.8, 4) is 34.7 Å². The van der Waals surface area contributed by atoms with Crippen LogP contribution in [-0.2, 0) is 0 Å². The number of para-hydroxylation sites is 3. The first-order valence-corrected chi connectivity index (χ1v) is 15.9. The Labute approximate surface area is 274 Å². The molecule has 0 aliphatic heterocycles. The Hall–Kier alpha value is -6.60. The van der Waals surface area contributed by atoms with Crippen LogP contribution in [-0.4, -0.2) is 29.1 Å². The number of oxazole rings is 1. The molecule has 7 heteroatoms. The second-order valence-electron chi connectivity index (χ2n) is 12.0. The molecular weight excluding hydrogens is 592 g/mol. The quantitative estimate of drug-likeness (QED) is 0.196. The van der Waals surface area contributed by atoms with Crippen molar-refractivity contribution in [2.45, 2.75) is 6.92 Å². The molecule has 4 heterocycles. The summed E-state index contributed by atoms with van der Waals surface area (Å²) < 4.78 is 10.9. The van der Waals surface area contributed by atoms with Gasteiger partial charge in [0.1, 0.15) is 5.52 Å². The molecule has 0 radical (unpaired) electrons. The van der Waals surface area contributed by atoms with Crippen LogP contribution < -0.4 is 0 Å². The fourth-order valence-corrected chi connectivity index (χ4v) is 6.98. The Kier molecular flexibility index (Phi) is 5.65. The number of aryl methyl sites for hydroxylation is 1. The zero-order valence-electron chi connectivity index (χ0n) is 25.9. The number of rotatable bonds is 4. The van der Waals surface area contributed by atoms with Gasteiger partial charge in [-0.25, -0.2) is 4.98 Å².